The van der Waals surface area contributed by atoms with Crippen LogP contribution in [0.25, 0.3) is 0 Å². The fraction of sp³-hybridized carbons (Fsp3) is 0.333. The Morgan fingerprint density at radius 1 is 0.870 bits per heavy atom. The summed E-state index contributed by atoms with van der Waals surface area (Å²) in [6.45, 7) is 1.70. The maximum Gasteiger partial charge on any atom is 0.0596 e. The predicted molar refractivity (Wildman–Crippen MR) is 98.2 cm³/mol. The van der Waals surface area contributed by atoms with Crippen LogP contribution in [0.2, 0.25) is 0 Å². The van der Waals surface area contributed by atoms with Crippen molar-refractivity contribution in [3.05, 3.63) is 71.8 Å². The summed E-state index contributed by atoms with van der Waals surface area (Å²) in [5, 5.41) is 3.66. The molecule has 2 aromatic rings. The molecule has 1 N–H and O–H groups in total. The molecule has 0 saturated heterocycles. The average molecular weight is 306 g/mol. The van der Waals surface area contributed by atoms with Gasteiger partial charge in [0.25, 0.3) is 0 Å². The van der Waals surface area contributed by atoms with Gasteiger partial charge in [0.2, 0.25) is 0 Å². The van der Waals surface area contributed by atoms with Crippen LogP contribution in [0.15, 0.2) is 60.7 Å². The SMILES string of the molecule is CN(C)CC#CC[C@@H](Cc1ccccc1)NCc1ccccc1. The molecule has 0 amide bonds. The van der Waals surface area contributed by atoms with Crippen molar-refractivity contribution in [1.29, 1.82) is 0 Å². The van der Waals surface area contributed by atoms with Gasteiger partial charge in [-0.15, -0.1) is 5.92 Å². The molecule has 0 aliphatic rings. The highest BCUT2D eigenvalue weighted by Gasteiger charge is 2.08. The summed E-state index contributed by atoms with van der Waals surface area (Å²) >= 11 is 0. The monoisotopic (exact) mass is 306 g/mol. The molecule has 0 aliphatic carbocycles. The van der Waals surface area contributed by atoms with E-state index in [4.69, 9.17) is 0 Å². The van der Waals surface area contributed by atoms with Crippen molar-refractivity contribution in [2.75, 3.05) is 20.6 Å². The summed E-state index contributed by atoms with van der Waals surface area (Å²) in [4.78, 5) is 2.09. The zero-order valence-electron chi connectivity index (χ0n) is 14.1. The Hall–Kier alpha value is -2.08. The third-order valence-corrected chi connectivity index (χ3v) is 3.63. The van der Waals surface area contributed by atoms with Crippen molar-refractivity contribution in [3.63, 3.8) is 0 Å². The van der Waals surface area contributed by atoms with E-state index in [-0.39, 0.29) is 0 Å². The molecule has 2 nitrogen and oxygen atoms in total. The number of nitrogens with one attached hydrogen (secondary N) is 1. The van der Waals surface area contributed by atoms with E-state index >= 15 is 0 Å². The standard InChI is InChI=1S/C21H26N2/c1-23(2)16-10-9-15-21(17-19-11-5-3-6-12-19)22-18-20-13-7-4-8-14-20/h3-8,11-14,21-22H,15-18H2,1-2H3/t21-/m0/s1. The first-order chi connectivity index (χ1) is 11.2. The summed E-state index contributed by atoms with van der Waals surface area (Å²) in [6, 6.07) is 21.5. The van der Waals surface area contributed by atoms with E-state index in [9.17, 15) is 0 Å². The van der Waals surface area contributed by atoms with Crippen LogP contribution in [0.4, 0.5) is 0 Å². The van der Waals surface area contributed by atoms with Crippen LogP contribution in [0.5, 0.6) is 0 Å². The molecule has 0 fully saturated rings. The van der Waals surface area contributed by atoms with Crippen molar-refractivity contribution in [2.45, 2.75) is 25.4 Å². The fourth-order valence-corrected chi connectivity index (χ4v) is 2.38. The summed E-state index contributed by atoms with van der Waals surface area (Å²) < 4.78 is 0. The van der Waals surface area contributed by atoms with Gasteiger partial charge in [-0.1, -0.05) is 66.6 Å². The summed E-state index contributed by atoms with van der Waals surface area (Å²) in [5.74, 6) is 6.55. The lowest BCUT2D eigenvalue weighted by atomic mass is 10.0. The molecule has 23 heavy (non-hydrogen) atoms. The van der Waals surface area contributed by atoms with Gasteiger partial charge in [-0.3, -0.25) is 4.90 Å². The van der Waals surface area contributed by atoms with Gasteiger partial charge in [0.1, 0.15) is 0 Å². The van der Waals surface area contributed by atoms with E-state index in [0.717, 1.165) is 25.9 Å². The Kier molecular flexibility index (Phi) is 7.39. The maximum absolute atomic E-state index is 3.66. The molecule has 0 unspecified atom stereocenters. The highest BCUT2D eigenvalue weighted by atomic mass is 15.0. The molecule has 1 atom stereocenters. The van der Waals surface area contributed by atoms with Crippen LogP contribution < -0.4 is 5.32 Å². The van der Waals surface area contributed by atoms with Gasteiger partial charge in [-0.2, -0.15) is 0 Å². The number of hydrogen-bond acceptors (Lipinski definition) is 2. The average Bonchev–Trinajstić information content (AvgIpc) is 2.58. The van der Waals surface area contributed by atoms with Gasteiger partial charge in [0.05, 0.1) is 6.54 Å². The third kappa shape index (κ3) is 7.15. The smallest absolute Gasteiger partial charge is 0.0596 e. The predicted octanol–water partition coefficient (Wildman–Crippen LogP) is 3.34. The van der Waals surface area contributed by atoms with E-state index in [1.807, 2.05) is 14.1 Å². The van der Waals surface area contributed by atoms with Crippen LogP contribution in [0.1, 0.15) is 17.5 Å². The van der Waals surface area contributed by atoms with Gasteiger partial charge >= 0.3 is 0 Å². The molecule has 2 aromatic carbocycles. The zero-order chi connectivity index (χ0) is 16.3. The third-order valence-electron chi connectivity index (χ3n) is 3.63. The molecule has 0 radical (unpaired) electrons. The lowest BCUT2D eigenvalue weighted by Crippen LogP contribution is -2.30. The second-order valence-electron chi connectivity index (χ2n) is 6.05. The van der Waals surface area contributed by atoms with Gasteiger partial charge in [-0.25, -0.2) is 0 Å². The molecule has 0 aromatic heterocycles. The van der Waals surface area contributed by atoms with Crippen molar-refractivity contribution in [2.24, 2.45) is 0 Å². The molecular weight excluding hydrogens is 280 g/mol. The van der Waals surface area contributed by atoms with Crippen LogP contribution >= 0.6 is 0 Å². The largest absolute Gasteiger partial charge is 0.309 e. The first-order valence-corrected chi connectivity index (χ1v) is 8.15. The van der Waals surface area contributed by atoms with Crippen molar-refractivity contribution in [1.82, 2.24) is 10.2 Å². The second-order valence-corrected chi connectivity index (χ2v) is 6.05. The molecule has 0 bridgehead atoms. The van der Waals surface area contributed by atoms with E-state index in [1.54, 1.807) is 0 Å². The number of benzene rings is 2. The van der Waals surface area contributed by atoms with Crippen molar-refractivity contribution in [3.8, 4) is 11.8 Å². The second kappa shape index (κ2) is 9.84. The van der Waals surface area contributed by atoms with E-state index in [2.05, 4.69) is 82.7 Å². The summed E-state index contributed by atoms with van der Waals surface area (Å²) in [7, 11) is 4.09. The van der Waals surface area contributed by atoms with Crippen LogP contribution in [0, 0.1) is 11.8 Å². The Labute approximate surface area is 140 Å². The molecule has 2 heteroatoms. The topological polar surface area (TPSA) is 15.3 Å². The molecule has 0 heterocycles. The minimum Gasteiger partial charge on any atom is -0.309 e. The Balaban J connectivity index is 1.93. The maximum atomic E-state index is 3.66. The van der Waals surface area contributed by atoms with E-state index in [0.29, 0.717) is 6.04 Å². The minimum atomic E-state index is 0.368. The highest BCUT2D eigenvalue weighted by Crippen LogP contribution is 2.07. The quantitative estimate of drug-likeness (QED) is 0.789. The van der Waals surface area contributed by atoms with Crippen LogP contribution in [0.3, 0.4) is 0 Å². The van der Waals surface area contributed by atoms with Crippen LogP contribution in [-0.2, 0) is 13.0 Å². The molecule has 120 valence electrons. The van der Waals surface area contributed by atoms with Crippen molar-refractivity contribution >= 4 is 0 Å². The Morgan fingerprint density at radius 3 is 2.09 bits per heavy atom. The van der Waals surface area contributed by atoms with Gasteiger partial charge in [0.15, 0.2) is 0 Å². The van der Waals surface area contributed by atoms with Gasteiger partial charge < -0.3 is 5.32 Å². The minimum absolute atomic E-state index is 0.368. The number of nitrogens with zero attached hydrogens (tertiary/aromatic N) is 1. The fourth-order valence-electron chi connectivity index (χ4n) is 2.38. The zero-order valence-corrected chi connectivity index (χ0v) is 14.1. The normalized spacial score (nSPS) is 11.8. The summed E-state index contributed by atoms with van der Waals surface area (Å²) in [5.41, 5.74) is 2.67. The molecule has 0 spiro atoms. The number of hydrogen-bond donors (Lipinski definition) is 1. The Bertz CT molecular complexity index is 609. The Morgan fingerprint density at radius 2 is 1.48 bits per heavy atom. The van der Waals surface area contributed by atoms with E-state index < -0.39 is 0 Å². The highest BCUT2D eigenvalue weighted by molar-refractivity contribution is 5.18. The molecular formula is C21H26N2. The van der Waals surface area contributed by atoms with Gasteiger partial charge in [0, 0.05) is 19.0 Å². The summed E-state index contributed by atoms with van der Waals surface area (Å²) in [6.07, 6.45) is 1.87. The molecule has 0 aliphatic heterocycles. The molecule has 0 saturated carbocycles. The van der Waals surface area contributed by atoms with E-state index in [1.165, 1.54) is 11.1 Å². The van der Waals surface area contributed by atoms with Gasteiger partial charge in [-0.05, 0) is 31.6 Å². The first-order valence-electron chi connectivity index (χ1n) is 8.15. The van der Waals surface area contributed by atoms with Crippen molar-refractivity contribution < 1.29 is 0 Å². The molecule has 2 rings (SSSR count). The first kappa shape index (κ1) is 17.3. The lowest BCUT2D eigenvalue weighted by molar-refractivity contribution is 0.463. The van der Waals surface area contributed by atoms with Crippen LogP contribution in [-0.4, -0.2) is 31.6 Å². The number of rotatable bonds is 7. The lowest BCUT2D eigenvalue weighted by Gasteiger charge is -2.17.